The second-order valence-corrected chi connectivity index (χ2v) is 5.49. The number of hydrogen-bond acceptors (Lipinski definition) is 5. The summed E-state index contributed by atoms with van der Waals surface area (Å²) in [4.78, 5) is 33.5. The topological polar surface area (TPSA) is 98.5 Å². The molecule has 0 aliphatic rings. The van der Waals surface area contributed by atoms with Gasteiger partial charge in [-0.3, -0.25) is 19.7 Å². The van der Waals surface area contributed by atoms with Gasteiger partial charge in [-0.25, -0.2) is 0 Å². The van der Waals surface area contributed by atoms with Gasteiger partial charge in [0, 0.05) is 11.1 Å². The van der Waals surface area contributed by atoms with Crippen LogP contribution in [0, 0.1) is 16.0 Å². The molecule has 1 aromatic rings. The number of nitro benzene ring substituents is 1. The number of nitro groups is 1. The van der Waals surface area contributed by atoms with Gasteiger partial charge in [0.2, 0.25) is 0 Å². The maximum absolute atomic E-state index is 11.8. The van der Waals surface area contributed by atoms with Crippen molar-refractivity contribution in [3.05, 3.63) is 33.3 Å². The Morgan fingerprint density at radius 3 is 2.55 bits per heavy atom. The first-order valence-electron chi connectivity index (χ1n) is 6.59. The number of nitrogens with zero attached hydrogens (tertiary/aromatic N) is 1. The average Bonchev–Trinajstić information content (AvgIpc) is 2.42. The highest BCUT2D eigenvalue weighted by atomic mass is 35.5. The number of Topliss-reactive ketones (excluding diaryl/α,β-unsaturated/α-hetero) is 1. The lowest BCUT2D eigenvalue weighted by atomic mass is 10.0. The van der Waals surface area contributed by atoms with Crippen molar-refractivity contribution < 1.29 is 19.2 Å². The molecule has 1 unspecified atom stereocenters. The summed E-state index contributed by atoms with van der Waals surface area (Å²) in [6, 6.07) is 3.27. The highest BCUT2D eigenvalue weighted by Gasteiger charge is 2.22. The molecule has 8 heteroatoms. The van der Waals surface area contributed by atoms with Crippen LogP contribution in [-0.2, 0) is 9.59 Å². The van der Waals surface area contributed by atoms with Crippen LogP contribution >= 0.6 is 11.6 Å². The zero-order valence-corrected chi connectivity index (χ0v) is 13.2. The molecule has 0 bridgehead atoms. The van der Waals surface area contributed by atoms with Gasteiger partial charge in [0.25, 0.3) is 5.91 Å². The molecule has 0 aliphatic carbocycles. The van der Waals surface area contributed by atoms with E-state index in [0.717, 1.165) is 6.07 Å². The Bertz CT molecular complexity index is 589. The molecule has 1 atom stereocenters. The van der Waals surface area contributed by atoms with E-state index in [2.05, 4.69) is 5.32 Å². The largest absolute Gasteiger partial charge is 0.477 e. The third-order valence-corrected chi connectivity index (χ3v) is 3.13. The van der Waals surface area contributed by atoms with Crippen LogP contribution in [0.5, 0.6) is 5.75 Å². The maximum Gasteiger partial charge on any atom is 0.312 e. The second kappa shape index (κ2) is 7.74. The van der Waals surface area contributed by atoms with Crippen molar-refractivity contribution in [2.24, 2.45) is 5.92 Å². The fraction of sp³-hybridized carbons (Fsp3) is 0.429. The average molecular weight is 329 g/mol. The number of halogens is 1. The summed E-state index contributed by atoms with van der Waals surface area (Å²) < 4.78 is 5.15. The monoisotopic (exact) mass is 328 g/mol. The number of amides is 1. The molecule has 1 N–H and O–H groups in total. The molecule has 22 heavy (non-hydrogen) atoms. The van der Waals surface area contributed by atoms with Crippen molar-refractivity contribution in [1.82, 2.24) is 5.32 Å². The number of ketones is 1. The minimum absolute atomic E-state index is 0.0616. The normalized spacial score (nSPS) is 11.9. The van der Waals surface area contributed by atoms with Crippen molar-refractivity contribution in [1.29, 1.82) is 0 Å². The van der Waals surface area contributed by atoms with Gasteiger partial charge < -0.3 is 10.1 Å². The molecule has 0 heterocycles. The summed E-state index contributed by atoms with van der Waals surface area (Å²) in [5.74, 6) is -0.821. The Balaban J connectivity index is 2.72. The SMILES string of the molecule is CC(=O)C(NC(=O)COc1ccc(Cl)cc1[N+](=O)[O-])C(C)C. The van der Waals surface area contributed by atoms with E-state index in [1.807, 2.05) is 0 Å². The molecule has 1 amide bonds. The summed E-state index contributed by atoms with van der Waals surface area (Å²) >= 11 is 5.69. The Labute approximate surface area is 132 Å². The fourth-order valence-corrected chi connectivity index (χ4v) is 2.02. The van der Waals surface area contributed by atoms with Crippen molar-refractivity contribution in [3.63, 3.8) is 0 Å². The lowest BCUT2D eigenvalue weighted by molar-refractivity contribution is -0.385. The smallest absolute Gasteiger partial charge is 0.312 e. The predicted octanol–water partition coefficient (Wildman–Crippen LogP) is 2.36. The first kappa shape index (κ1) is 17.9. The lowest BCUT2D eigenvalue weighted by Gasteiger charge is -2.19. The summed E-state index contributed by atoms with van der Waals surface area (Å²) in [6.45, 7) is 4.56. The van der Waals surface area contributed by atoms with Crippen LogP contribution in [-0.4, -0.2) is 29.3 Å². The van der Waals surface area contributed by atoms with E-state index in [4.69, 9.17) is 16.3 Å². The molecular formula is C14H17ClN2O5. The van der Waals surface area contributed by atoms with Gasteiger partial charge in [0.15, 0.2) is 18.1 Å². The number of nitrogens with one attached hydrogen (secondary N) is 1. The number of carbonyl (C=O) groups is 2. The number of benzene rings is 1. The van der Waals surface area contributed by atoms with Gasteiger partial charge in [0.1, 0.15) is 0 Å². The number of hydrogen-bond donors (Lipinski definition) is 1. The zero-order chi connectivity index (χ0) is 16.9. The number of carbonyl (C=O) groups excluding carboxylic acids is 2. The molecule has 1 rings (SSSR count). The molecule has 0 saturated heterocycles. The third-order valence-electron chi connectivity index (χ3n) is 2.90. The second-order valence-electron chi connectivity index (χ2n) is 5.06. The van der Waals surface area contributed by atoms with Crippen molar-refractivity contribution in [2.45, 2.75) is 26.8 Å². The van der Waals surface area contributed by atoms with Gasteiger partial charge in [0.05, 0.1) is 11.0 Å². The number of ether oxygens (including phenoxy) is 1. The first-order chi connectivity index (χ1) is 10.2. The Kier molecular flexibility index (Phi) is 6.30. The van der Waals surface area contributed by atoms with Crippen molar-refractivity contribution in [2.75, 3.05) is 6.61 Å². The zero-order valence-electron chi connectivity index (χ0n) is 12.5. The summed E-state index contributed by atoms with van der Waals surface area (Å²) in [6.07, 6.45) is 0. The number of rotatable bonds is 7. The molecule has 0 spiro atoms. The van der Waals surface area contributed by atoms with Crippen LogP contribution in [0.2, 0.25) is 5.02 Å². The van der Waals surface area contributed by atoms with Gasteiger partial charge in [-0.1, -0.05) is 25.4 Å². The van der Waals surface area contributed by atoms with Crippen LogP contribution in [0.15, 0.2) is 18.2 Å². The maximum atomic E-state index is 11.8. The van der Waals surface area contributed by atoms with Crippen LogP contribution < -0.4 is 10.1 Å². The van der Waals surface area contributed by atoms with E-state index in [9.17, 15) is 19.7 Å². The van der Waals surface area contributed by atoms with E-state index < -0.39 is 23.5 Å². The first-order valence-corrected chi connectivity index (χ1v) is 6.96. The molecular weight excluding hydrogens is 312 g/mol. The van der Waals surface area contributed by atoms with E-state index in [-0.39, 0.29) is 28.2 Å². The Morgan fingerprint density at radius 2 is 2.05 bits per heavy atom. The third kappa shape index (κ3) is 5.00. The van der Waals surface area contributed by atoms with E-state index in [0.29, 0.717) is 0 Å². The standard InChI is InChI=1S/C14H17ClN2O5/c1-8(2)14(9(3)18)16-13(19)7-22-12-5-4-10(15)6-11(12)17(20)21/h4-6,8,14H,7H2,1-3H3,(H,16,19). The summed E-state index contributed by atoms with van der Waals surface area (Å²) in [7, 11) is 0. The van der Waals surface area contributed by atoms with Gasteiger partial charge in [-0.2, -0.15) is 0 Å². The minimum Gasteiger partial charge on any atom is -0.477 e. The minimum atomic E-state index is -0.647. The molecule has 120 valence electrons. The van der Waals surface area contributed by atoms with E-state index >= 15 is 0 Å². The van der Waals surface area contributed by atoms with Crippen molar-refractivity contribution >= 4 is 29.0 Å². The van der Waals surface area contributed by atoms with Crippen LogP contribution in [0.3, 0.4) is 0 Å². The van der Waals surface area contributed by atoms with Gasteiger partial charge in [-0.05, 0) is 25.0 Å². The molecule has 0 fully saturated rings. The molecule has 0 radical (unpaired) electrons. The Morgan fingerprint density at radius 1 is 1.41 bits per heavy atom. The van der Waals surface area contributed by atoms with Crippen LogP contribution in [0.1, 0.15) is 20.8 Å². The Hall–Kier alpha value is -2.15. The quantitative estimate of drug-likeness (QED) is 0.612. The predicted molar refractivity (Wildman–Crippen MR) is 81.1 cm³/mol. The fourth-order valence-electron chi connectivity index (χ4n) is 1.85. The van der Waals surface area contributed by atoms with Crippen molar-refractivity contribution in [3.8, 4) is 5.75 Å². The summed E-state index contributed by atoms with van der Waals surface area (Å²) in [5, 5.41) is 13.6. The van der Waals surface area contributed by atoms with Crippen LogP contribution in [0.4, 0.5) is 5.69 Å². The summed E-state index contributed by atoms with van der Waals surface area (Å²) in [5.41, 5.74) is -0.327. The molecule has 1 aromatic carbocycles. The van der Waals surface area contributed by atoms with E-state index in [1.165, 1.54) is 19.1 Å². The van der Waals surface area contributed by atoms with Gasteiger partial charge in [-0.15, -0.1) is 0 Å². The molecule has 0 saturated carbocycles. The molecule has 7 nitrogen and oxygen atoms in total. The highest BCUT2D eigenvalue weighted by Crippen LogP contribution is 2.29. The van der Waals surface area contributed by atoms with Gasteiger partial charge >= 0.3 is 5.69 Å². The molecule has 0 aromatic heterocycles. The lowest BCUT2D eigenvalue weighted by Crippen LogP contribution is -2.45. The van der Waals surface area contributed by atoms with E-state index in [1.54, 1.807) is 13.8 Å². The molecule has 0 aliphatic heterocycles. The highest BCUT2D eigenvalue weighted by molar-refractivity contribution is 6.30. The van der Waals surface area contributed by atoms with Crippen LogP contribution in [0.25, 0.3) is 0 Å².